The zero-order valence-electron chi connectivity index (χ0n) is 40.6. The number of hydrogen-bond acceptors (Lipinski definition) is 13. The lowest BCUT2D eigenvalue weighted by Crippen LogP contribution is -2.59. The molecule has 65 heavy (non-hydrogen) atoms. The number of aliphatic hydroxyl groups excluding tert-OH is 2. The number of methoxy groups -OCH3 is 3. The van der Waals surface area contributed by atoms with Crippen molar-refractivity contribution in [3.8, 4) is 0 Å². The number of aliphatic hydroxyl groups is 3. The lowest BCUT2D eigenvalue weighted by Gasteiger charge is -2.42. The molecule has 1 amide bonds. The van der Waals surface area contributed by atoms with E-state index >= 15 is 0 Å². The molecule has 15 atom stereocenters. The number of Topliss-reactive ketones (excluding diaryl/α,β-unsaturated/α-hetero) is 3. The van der Waals surface area contributed by atoms with Gasteiger partial charge in [-0.25, -0.2) is 0 Å². The Labute approximate surface area is 387 Å². The average Bonchev–Trinajstić information content (AvgIpc) is 3.28. The molecule has 0 radical (unpaired) electrons. The van der Waals surface area contributed by atoms with Crippen LogP contribution in [0.3, 0.4) is 0 Å². The van der Waals surface area contributed by atoms with Crippen molar-refractivity contribution in [3.63, 3.8) is 0 Å². The van der Waals surface area contributed by atoms with Crippen LogP contribution in [0.1, 0.15) is 119 Å². The van der Waals surface area contributed by atoms with Crippen LogP contribution < -0.4 is 0 Å². The third-order valence-corrected chi connectivity index (χ3v) is 14.5. The maximum absolute atomic E-state index is 14.1. The Balaban J connectivity index is 1.66. The van der Waals surface area contributed by atoms with Gasteiger partial charge in [-0.15, -0.1) is 0 Å². The van der Waals surface area contributed by atoms with Gasteiger partial charge in [0, 0.05) is 65.0 Å². The van der Waals surface area contributed by atoms with E-state index < -0.39 is 83.7 Å². The number of allylic oxidation sites excluding steroid dienone is 6. The van der Waals surface area contributed by atoms with Gasteiger partial charge in [0.15, 0.2) is 5.78 Å². The fraction of sp³-hybridized carbons (Fsp3) is 0.745. The minimum atomic E-state index is -2.37. The third-order valence-electron chi connectivity index (χ3n) is 14.5. The number of amides is 1. The second kappa shape index (κ2) is 25.1. The number of piperidine rings is 1. The fourth-order valence-electron chi connectivity index (χ4n) is 10.1. The number of nitrogens with zero attached hydrogens (tertiary/aromatic N) is 1. The summed E-state index contributed by atoms with van der Waals surface area (Å²) in [5.74, 6) is -8.17. The van der Waals surface area contributed by atoms with E-state index in [4.69, 9.17) is 23.7 Å². The molecule has 3 heterocycles. The molecule has 1 saturated carbocycles. The zero-order valence-corrected chi connectivity index (χ0v) is 40.6. The first-order valence-electron chi connectivity index (χ1n) is 23.9. The SMILES string of the molecule is CO[C@H]1C[C@@H]2CC[C@@H](C)[C@@](O)(O2)C(=O)C(=O)N2CCCC(C2)C(=O)O[C@H]([C@H](C)C[C@@H]2CC[C@@H](O)[C@H](OC)C2)CC(=O)[C@H](C)/C=C(\C)[C@@H](O)[C@@H](OC)C(=O)[C@H](C)C[C@H](C)/C=C/C=C/C=C1C. The summed E-state index contributed by atoms with van der Waals surface area (Å²) in [4.78, 5) is 71.1. The van der Waals surface area contributed by atoms with E-state index in [-0.39, 0.29) is 54.9 Å². The Kier molecular flexibility index (Phi) is 21.0. The summed E-state index contributed by atoms with van der Waals surface area (Å²) >= 11 is 0. The first-order chi connectivity index (χ1) is 30.7. The van der Waals surface area contributed by atoms with Crippen molar-refractivity contribution in [1.82, 2.24) is 4.90 Å². The predicted octanol–water partition coefficient (Wildman–Crippen LogP) is 6.04. The number of rotatable bonds is 6. The van der Waals surface area contributed by atoms with Gasteiger partial charge >= 0.3 is 5.97 Å². The molecule has 3 N–H and O–H groups in total. The Morgan fingerprint density at radius 3 is 2.26 bits per heavy atom. The summed E-state index contributed by atoms with van der Waals surface area (Å²) in [6.07, 6.45) is 11.1. The predicted molar refractivity (Wildman–Crippen MR) is 245 cm³/mol. The van der Waals surface area contributed by atoms with E-state index in [1.165, 1.54) is 12.0 Å². The lowest BCUT2D eigenvalue weighted by molar-refractivity contribution is -0.265. The first kappa shape index (κ1) is 54.2. The van der Waals surface area contributed by atoms with Crippen LogP contribution in [0, 0.1) is 41.4 Å². The summed E-state index contributed by atoms with van der Waals surface area (Å²) in [6.45, 7) is 12.8. The van der Waals surface area contributed by atoms with Crippen molar-refractivity contribution < 1.29 is 63.0 Å². The number of fused-ring (bicyclic) bond motifs is 4. The second-order valence-electron chi connectivity index (χ2n) is 19.7. The minimum absolute atomic E-state index is 0.0192. The summed E-state index contributed by atoms with van der Waals surface area (Å²) in [5.41, 5.74) is 1.29. The molecule has 4 bridgehead atoms. The summed E-state index contributed by atoms with van der Waals surface area (Å²) in [5, 5.41) is 33.7. The van der Waals surface area contributed by atoms with Crippen molar-refractivity contribution in [3.05, 3.63) is 47.6 Å². The third kappa shape index (κ3) is 14.6. The normalized spacial score (nSPS) is 39.6. The maximum Gasteiger partial charge on any atom is 0.311 e. The smallest absolute Gasteiger partial charge is 0.311 e. The van der Waals surface area contributed by atoms with E-state index in [1.807, 2.05) is 58.1 Å². The van der Waals surface area contributed by atoms with Crippen molar-refractivity contribution in [2.75, 3.05) is 34.4 Å². The van der Waals surface area contributed by atoms with Crippen molar-refractivity contribution in [1.29, 1.82) is 0 Å². The number of cyclic esters (lactones) is 1. The van der Waals surface area contributed by atoms with Crippen LogP contribution in [-0.4, -0.2) is 132 Å². The van der Waals surface area contributed by atoms with Crippen LogP contribution >= 0.6 is 0 Å². The van der Waals surface area contributed by atoms with E-state index in [1.54, 1.807) is 41.1 Å². The molecular weight excluding hydrogens is 835 g/mol. The molecule has 0 aromatic carbocycles. The molecule has 14 heteroatoms. The van der Waals surface area contributed by atoms with E-state index in [0.29, 0.717) is 63.4 Å². The molecule has 0 aromatic heterocycles. The number of ketones is 3. The second-order valence-corrected chi connectivity index (χ2v) is 19.7. The molecule has 3 aliphatic heterocycles. The van der Waals surface area contributed by atoms with Gasteiger partial charge in [0.1, 0.15) is 24.1 Å². The van der Waals surface area contributed by atoms with Gasteiger partial charge < -0.3 is 43.9 Å². The number of esters is 1. The highest BCUT2D eigenvalue weighted by Gasteiger charge is 2.52. The summed E-state index contributed by atoms with van der Waals surface area (Å²) in [7, 11) is 4.54. The molecule has 4 rings (SSSR count). The van der Waals surface area contributed by atoms with Crippen LogP contribution in [0.2, 0.25) is 0 Å². The van der Waals surface area contributed by atoms with E-state index in [2.05, 4.69) is 0 Å². The highest BCUT2D eigenvalue weighted by molar-refractivity contribution is 6.38. The Hall–Kier alpha value is -3.37. The Morgan fingerprint density at radius 2 is 1.58 bits per heavy atom. The van der Waals surface area contributed by atoms with Gasteiger partial charge in [-0.2, -0.15) is 0 Å². The number of ether oxygens (including phenoxy) is 5. The topological polar surface area (TPSA) is 195 Å². The number of carbonyl (C=O) groups excluding carboxylic acids is 5. The highest BCUT2D eigenvalue weighted by Crippen LogP contribution is 2.37. The molecule has 1 aliphatic carbocycles. The largest absolute Gasteiger partial charge is 0.461 e. The quantitative estimate of drug-likeness (QED) is 0.159. The Morgan fingerprint density at radius 1 is 0.862 bits per heavy atom. The number of hydrogen-bond donors (Lipinski definition) is 3. The lowest BCUT2D eigenvalue weighted by atomic mass is 9.78. The molecule has 2 saturated heterocycles. The van der Waals surface area contributed by atoms with E-state index in [0.717, 1.165) is 12.0 Å². The molecule has 4 aliphatic rings. The van der Waals surface area contributed by atoms with E-state index in [9.17, 15) is 39.3 Å². The monoisotopic (exact) mass is 914 g/mol. The van der Waals surface area contributed by atoms with Crippen LogP contribution in [0.5, 0.6) is 0 Å². The van der Waals surface area contributed by atoms with Gasteiger partial charge in [-0.05, 0) is 101 Å². The van der Waals surface area contributed by atoms with Gasteiger partial charge in [0.05, 0.1) is 30.3 Å². The Bertz CT molecular complexity index is 1760. The van der Waals surface area contributed by atoms with Crippen LogP contribution in [-0.2, 0) is 47.7 Å². The van der Waals surface area contributed by atoms with Gasteiger partial charge in [0.2, 0.25) is 5.79 Å². The van der Waals surface area contributed by atoms with Crippen molar-refractivity contribution >= 4 is 29.2 Å². The molecular formula is C51H79NO13. The highest BCUT2D eigenvalue weighted by atomic mass is 16.6. The van der Waals surface area contributed by atoms with Gasteiger partial charge in [0.25, 0.3) is 11.7 Å². The van der Waals surface area contributed by atoms with Gasteiger partial charge in [-0.1, -0.05) is 71.1 Å². The van der Waals surface area contributed by atoms with Crippen molar-refractivity contribution in [2.24, 2.45) is 41.4 Å². The van der Waals surface area contributed by atoms with Gasteiger partial charge in [-0.3, -0.25) is 24.0 Å². The zero-order chi connectivity index (χ0) is 48.2. The van der Waals surface area contributed by atoms with Crippen LogP contribution in [0.25, 0.3) is 0 Å². The standard InChI is InChI=1S/C51H79NO13/c1-30-15-12-11-13-16-31(2)42(61-8)27-39-20-18-36(7)51(60,65-39)48(57)49(58)52-22-14-17-38(29-52)50(59)64-43(33(4)25-37-19-21-40(53)44(26-37)62-9)28-41(54)32(3)24-35(6)46(56)47(63-10)45(55)34(5)23-30/h11-13,15-16,24,30,32-34,36-40,42-44,46-47,53,56,60H,14,17-23,25-29H2,1-10H3/b13-11+,15-12+,31-16?,35-24+/t30-,32-,33-,34-,36-,37+,38?,39+,40-,42+,43+,44-,46-,47+,51-/m1/s1. The molecule has 14 nitrogen and oxygen atoms in total. The summed E-state index contributed by atoms with van der Waals surface area (Å²) < 4.78 is 29.3. The van der Waals surface area contributed by atoms with Crippen LogP contribution in [0.4, 0.5) is 0 Å². The number of carbonyl (C=O) groups is 5. The first-order valence-corrected chi connectivity index (χ1v) is 23.9. The molecule has 0 aromatic rings. The fourth-order valence-corrected chi connectivity index (χ4v) is 10.1. The van der Waals surface area contributed by atoms with Crippen molar-refractivity contribution in [2.45, 2.75) is 168 Å². The maximum atomic E-state index is 14.1. The summed E-state index contributed by atoms with van der Waals surface area (Å²) in [6, 6.07) is 0. The average molecular weight is 914 g/mol. The molecule has 1 unspecified atom stereocenters. The van der Waals surface area contributed by atoms with Crippen LogP contribution in [0.15, 0.2) is 47.6 Å². The molecule has 3 fully saturated rings. The molecule has 366 valence electrons. The molecule has 0 spiro atoms. The minimum Gasteiger partial charge on any atom is -0.461 e.